The molecule has 0 spiro atoms. The molecule has 2 aromatic heterocycles. The van der Waals surface area contributed by atoms with Crippen LogP contribution in [0, 0.1) is 18.8 Å². The summed E-state index contributed by atoms with van der Waals surface area (Å²) in [4.78, 5) is 29.6. The first-order chi connectivity index (χ1) is 18.2. The van der Waals surface area contributed by atoms with Crippen LogP contribution in [0.3, 0.4) is 0 Å². The molecule has 1 aromatic carbocycles. The molecule has 0 aliphatic heterocycles. The van der Waals surface area contributed by atoms with Crippen molar-refractivity contribution in [2.45, 2.75) is 59.9 Å². The Balaban J connectivity index is 1.56. The first kappa shape index (κ1) is 29.1. The van der Waals surface area contributed by atoms with Gasteiger partial charge in [0.05, 0.1) is 17.6 Å². The Morgan fingerprint density at radius 3 is 2.53 bits per heavy atom. The van der Waals surface area contributed by atoms with Gasteiger partial charge in [0.15, 0.2) is 5.82 Å². The normalized spacial score (nSPS) is 12.3. The summed E-state index contributed by atoms with van der Waals surface area (Å²) in [5.74, 6) is 2.14. The van der Waals surface area contributed by atoms with Crippen molar-refractivity contribution in [1.82, 2.24) is 30.2 Å². The third kappa shape index (κ3) is 7.77. The van der Waals surface area contributed by atoms with Gasteiger partial charge in [0, 0.05) is 32.7 Å². The number of methoxy groups -OCH3 is 1. The summed E-state index contributed by atoms with van der Waals surface area (Å²) in [5, 5.41) is 17.8. The molecule has 3 rings (SSSR count). The van der Waals surface area contributed by atoms with Crippen molar-refractivity contribution >= 4 is 34.3 Å². The molecule has 38 heavy (non-hydrogen) atoms. The van der Waals surface area contributed by atoms with Gasteiger partial charge in [-0.25, -0.2) is 4.98 Å². The van der Waals surface area contributed by atoms with Gasteiger partial charge in [0.2, 0.25) is 17.5 Å². The Hall–Kier alpha value is -3.47. The lowest BCUT2D eigenvalue weighted by atomic mass is 10.0. The average Bonchev–Trinajstić information content (AvgIpc) is 3.25. The van der Waals surface area contributed by atoms with Crippen LogP contribution in [0.25, 0.3) is 16.7 Å². The molecular weight excluding hydrogens is 486 g/mol. The molecule has 11 heteroatoms. The van der Waals surface area contributed by atoms with Crippen LogP contribution in [0.1, 0.15) is 52.8 Å². The van der Waals surface area contributed by atoms with Crippen molar-refractivity contribution < 1.29 is 19.1 Å². The standard InChI is InChI=1S/C27H41N7O4/c1-17(2)15-23(35)31-24(18(3)4)27(36)29-12-8-7-11-28-25-26-33-32-19(5)34(26)22-10-9-20(16-21(22)30-25)38-14-13-37-6/h9-10,16-18,24H,7-8,11-15H2,1-6H3,(H,28,30)(H,29,36)(H,31,35)/t24-/m0/s1. The lowest BCUT2D eigenvalue weighted by molar-refractivity contribution is -0.130. The van der Waals surface area contributed by atoms with E-state index in [0.717, 1.165) is 29.7 Å². The van der Waals surface area contributed by atoms with E-state index in [1.54, 1.807) is 7.11 Å². The molecule has 2 heterocycles. The number of benzene rings is 1. The number of hydrogen-bond donors (Lipinski definition) is 3. The van der Waals surface area contributed by atoms with Crippen molar-refractivity contribution in [2.75, 3.05) is 38.7 Å². The van der Waals surface area contributed by atoms with Crippen LogP contribution in [-0.4, -0.2) is 70.9 Å². The van der Waals surface area contributed by atoms with Crippen LogP contribution in [-0.2, 0) is 14.3 Å². The number of anilines is 1. The minimum absolute atomic E-state index is 0.00618. The molecule has 0 unspecified atom stereocenters. The molecule has 0 bridgehead atoms. The van der Waals surface area contributed by atoms with Crippen molar-refractivity contribution in [3.63, 3.8) is 0 Å². The average molecular weight is 528 g/mol. The molecule has 0 radical (unpaired) electrons. The largest absolute Gasteiger partial charge is 0.491 e. The Morgan fingerprint density at radius 1 is 1.05 bits per heavy atom. The molecule has 0 fully saturated rings. The number of nitrogens with one attached hydrogen (secondary N) is 3. The Kier molecular flexibility index (Phi) is 10.6. The molecule has 0 aliphatic carbocycles. The molecule has 3 N–H and O–H groups in total. The Morgan fingerprint density at radius 2 is 1.82 bits per heavy atom. The SMILES string of the molecule is COCCOc1ccc2c(c1)nc(NCCCCNC(=O)[C@@H](NC(=O)CC(C)C)C(C)C)c1nnc(C)n12. The fraction of sp³-hybridized carbons (Fsp3) is 0.593. The predicted molar refractivity (Wildman–Crippen MR) is 147 cm³/mol. The Labute approximate surface area is 224 Å². The molecule has 1 atom stereocenters. The monoisotopic (exact) mass is 527 g/mol. The topological polar surface area (TPSA) is 132 Å². The van der Waals surface area contributed by atoms with Gasteiger partial charge in [0.1, 0.15) is 24.2 Å². The van der Waals surface area contributed by atoms with E-state index in [9.17, 15) is 9.59 Å². The van der Waals surface area contributed by atoms with E-state index < -0.39 is 6.04 Å². The van der Waals surface area contributed by atoms with Gasteiger partial charge in [-0.3, -0.25) is 14.0 Å². The van der Waals surface area contributed by atoms with Crippen molar-refractivity contribution in [3.8, 4) is 5.75 Å². The quantitative estimate of drug-likeness (QED) is 0.257. The predicted octanol–water partition coefficient (Wildman–Crippen LogP) is 3.11. The van der Waals surface area contributed by atoms with Crippen LogP contribution in [0.4, 0.5) is 5.82 Å². The van der Waals surface area contributed by atoms with Crippen LogP contribution in [0.15, 0.2) is 18.2 Å². The van der Waals surface area contributed by atoms with Gasteiger partial charge >= 0.3 is 0 Å². The highest BCUT2D eigenvalue weighted by Gasteiger charge is 2.24. The third-order valence-electron chi connectivity index (χ3n) is 6.07. The number of fused-ring (bicyclic) bond motifs is 3. The summed E-state index contributed by atoms with van der Waals surface area (Å²) in [6.07, 6.45) is 1.99. The first-order valence-corrected chi connectivity index (χ1v) is 13.3. The summed E-state index contributed by atoms with van der Waals surface area (Å²) >= 11 is 0. The fourth-order valence-corrected chi connectivity index (χ4v) is 4.12. The zero-order valence-electron chi connectivity index (χ0n) is 23.3. The smallest absolute Gasteiger partial charge is 0.242 e. The van der Waals surface area contributed by atoms with Crippen LogP contribution >= 0.6 is 0 Å². The minimum atomic E-state index is -0.533. The van der Waals surface area contributed by atoms with E-state index in [1.807, 2.05) is 57.2 Å². The van der Waals surface area contributed by atoms with Crippen molar-refractivity contribution in [1.29, 1.82) is 0 Å². The van der Waals surface area contributed by atoms with Crippen molar-refractivity contribution in [2.24, 2.45) is 11.8 Å². The summed E-state index contributed by atoms with van der Waals surface area (Å²) < 4.78 is 12.8. The number of aromatic nitrogens is 4. The molecular formula is C27H41N7O4. The van der Waals surface area contributed by atoms with Crippen LogP contribution in [0.2, 0.25) is 0 Å². The summed E-state index contributed by atoms with van der Waals surface area (Å²) in [6, 6.07) is 5.22. The van der Waals surface area contributed by atoms with Gasteiger partial charge in [-0.05, 0) is 43.7 Å². The van der Waals surface area contributed by atoms with E-state index in [0.29, 0.717) is 49.9 Å². The van der Waals surface area contributed by atoms with Gasteiger partial charge in [-0.15, -0.1) is 10.2 Å². The molecule has 2 amide bonds. The number of carbonyl (C=O) groups is 2. The molecule has 0 saturated heterocycles. The lowest BCUT2D eigenvalue weighted by Crippen LogP contribution is -2.50. The van der Waals surface area contributed by atoms with E-state index in [-0.39, 0.29) is 23.7 Å². The highest BCUT2D eigenvalue weighted by atomic mass is 16.5. The van der Waals surface area contributed by atoms with Gasteiger partial charge in [0.25, 0.3) is 0 Å². The highest BCUT2D eigenvalue weighted by molar-refractivity contribution is 5.88. The van der Waals surface area contributed by atoms with E-state index in [4.69, 9.17) is 14.5 Å². The molecule has 208 valence electrons. The summed E-state index contributed by atoms with van der Waals surface area (Å²) in [7, 11) is 1.64. The zero-order valence-corrected chi connectivity index (χ0v) is 23.3. The first-order valence-electron chi connectivity index (χ1n) is 13.3. The second kappa shape index (κ2) is 13.9. The lowest BCUT2D eigenvalue weighted by Gasteiger charge is -2.22. The Bertz CT molecular complexity index is 1230. The fourth-order valence-electron chi connectivity index (χ4n) is 4.12. The van der Waals surface area contributed by atoms with Gasteiger partial charge in [-0.1, -0.05) is 27.7 Å². The zero-order chi connectivity index (χ0) is 27.7. The number of unbranched alkanes of at least 4 members (excludes halogenated alkanes) is 1. The minimum Gasteiger partial charge on any atom is -0.491 e. The highest BCUT2D eigenvalue weighted by Crippen LogP contribution is 2.25. The number of nitrogens with zero attached hydrogens (tertiary/aromatic N) is 4. The van der Waals surface area contributed by atoms with Gasteiger partial charge in [-0.2, -0.15) is 0 Å². The number of rotatable bonds is 15. The number of hydrogen-bond acceptors (Lipinski definition) is 8. The molecule has 0 saturated carbocycles. The maximum atomic E-state index is 12.7. The molecule has 3 aromatic rings. The number of amides is 2. The second-order valence-electron chi connectivity index (χ2n) is 10.2. The summed E-state index contributed by atoms with van der Waals surface area (Å²) in [6.45, 7) is 11.9. The van der Waals surface area contributed by atoms with Crippen LogP contribution < -0.4 is 20.7 Å². The number of aryl methyl sites for hydroxylation is 1. The number of carbonyl (C=O) groups excluding carboxylic acids is 2. The maximum absolute atomic E-state index is 12.7. The van der Waals surface area contributed by atoms with E-state index in [2.05, 4.69) is 26.1 Å². The third-order valence-corrected chi connectivity index (χ3v) is 6.07. The maximum Gasteiger partial charge on any atom is 0.242 e. The van der Waals surface area contributed by atoms with E-state index in [1.165, 1.54) is 0 Å². The van der Waals surface area contributed by atoms with Gasteiger partial charge < -0.3 is 25.4 Å². The van der Waals surface area contributed by atoms with E-state index >= 15 is 0 Å². The van der Waals surface area contributed by atoms with Crippen molar-refractivity contribution in [3.05, 3.63) is 24.0 Å². The molecule has 11 nitrogen and oxygen atoms in total. The number of ether oxygens (including phenoxy) is 2. The summed E-state index contributed by atoms with van der Waals surface area (Å²) in [5.41, 5.74) is 2.33. The molecule has 0 aliphatic rings. The second-order valence-corrected chi connectivity index (χ2v) is 10.2. The van der Waals surface area contributed by atoms with Crippen LogP contribution in [0.5, 0.6) is 5.75 Å².